The van der Waals surface area contributed by atoms with Crippen molar-refractivity contribution in [2.24, 2.45) is 4.99 Å². The number of phenols is 1. The molecule has 26 heavy (non-hydrogen) atoms. The van der Waals surface area contributed by atoms with Crippen LogP contribution >= 0.6 is 15.9 Å². The summed E-state index contributed by atoms with van der Waals surface area (Å²) in [6.07, 6.45) is 3.63. The molecule has 0 fully saturated rings. The lowest BCUT2D eigenvalue weighted by Crippen LogP contribution is -1.87. The summed E-state index contributed by atoms with van der Waals surface area (Å²) >= 11 is 3.42. The number of fused-ring (bicyclic) bond motifs is 1. The van der Waals surface area contributed by atoms with E-state index in [0.29, 0.717) is 5.56 Å². The van der Waals surface area contributed by atoms with E-state index in [1.165, 1.54) is 0 Å². The largest absolute Gasteiger partial charge is 0.507 e. The SMILES string of the molecule is Cc1ccn2c(N=Cc3cc(Br)ccc3O)c(-c3ccccc3)nc2c1. The average Bonchev–Trinajstić information content (AvgIpc) is 3.00. The molecule has 0 amide bonds. The second kappa shape index (κ2) is 6.77. The van der Waals surface area contributed by atoms with Crippen LogP contribution in [-0.4, -0.2) is 20.7 Å². The lowest BCUT2D eigenvalue weighted by atomic mass is 10.1. The van der Waals surface area contributed by atoms with Crippen LogP contribution in [-0.2, 0) is 0 Å². The Kier molecular flexibility index (Phi) is 4.31. The first kappa shape index (κ1) is 16.5. The van der Waals surface area contributed by atoms with E-state index < -0.39 is 0 Å². The van der Waals surface area contributed by atoms with E-state index in [1.807, 2.05) is 66.1 Å². The molecule has 128 valence electrons. The molecule has 1 N–H and O–H groups in total. The molecule has 0 bridgehead atoms. The first-order chi connectivity index (χ1) is 12.6. The van der Waals surface area contributed by atoms with Gasteiger partial charge in [-0.05, 0) is 42.8 Å². The Morgan fingerprint density at radius 2 is 1.88 bits per heavy atom. The Morgan fingerprint density at radius 3 is 2.69 bits per heavy atom. The molecule has 4 rings (SSSR count). The van der Waals surface area contributed by atoms with Gasteiger partial charge in [0.15, 0.2) is 5.82 Å². The predicted octanol–water partition coefficient (Wildman–Crippen LogP) is 5.53. The third-order valence-corrected chi connectivity index (χ3v) is 4.61. The summed E-state index contributed by atoms with van der Waals surface area (Å²) in [5.41, 5.74) is 4.43. The molecule has 0 saturated heterocycles. The molecule has 0 aliphatic heterocycles. The fourth-order valence-corrected chi connectivity index (χ4v) is 3.18. The van der Waals surface area contributed by atoms with Crippen molar-refractivity contribution in [1.82, 2.24) is 9.38 Å². The maximum absolute atomic E-state index is 10.1. The summed E-state index contributed by atoms with van der Waals surface area (Å²) in [5, 5.41) is 10.1. The summed E-state index contributed by atoms with van der Waals surface area (Å²) in [6.45, 7) is 2.04. The van der Waals surface area contributed by atoms with Gasteiger partial charge >= 0.3 is 0 Å². The first-order valence-corrected chi connectivity index (χ1v) is 8.98. The fraction of sp³-hybridized carbons (Fsp3) is 0.0476. The normalized spacial score (nSPS) is 11.5. The van der Waals surface area contributed by atoms with Crippen molar-refractivity contribution < 1.29 is 5.11 Å². The van der Waals surface area contributed by atoms with E-state index in [4.69, 9.17) is 4.98 Å². The van der Waals surface area contributed by atoms with E-state index >= 15 is 0 Å². The molecule has 2 heterocycles. The third kappa shape index (κ3) is 3.13. The second-order valence-electron chi connectivity index (χ2n) is 6.04. The van der Waals surface area contributed by atoms with E-state index in [9.17, 15) is 5.11 Å². The van der Waals surface area contributed by atoms with Gasteiger partial charge in [-0.3, -0.25) is 4.40 Å². The van der Waals surface area contributed by atoms with Gasteiger partial charge in [0.1, 0.15) is 17.1 Å². The number of aryl methyl sites for hydroxylation is 1. The number of halogens is 1. The van der Waals surface area contributed by atoms with Crippen LogP contribution in [0.2, 0.25) is 0 Å². The average molecular weight is 406 g/mol. The summed E-state index contributed by atoms with van der Waals surface area (Å²) in [5.74, 6) is 0.911. The fourth-order valence-electron chi connectivity index (χ4n) is 2.81. The number of aliphatic imine (C=N–C) groups is 1. The van der Waals surface area contributed by atoms with Gasteiger partial charge in [0, 0.05) is 28.0 Å². The molecule has 0 saturated carbocycles. The number of hydrogen-bond donors (Lipinski definition) is 1. The highest BCUT2D eigenvalue weighted by atomic mass is 79.9. The van der Waals surface area contributed by atoms with Crippen molar-refractivity contribution in [3.8, 4) is 17.0 Å². The number of nitrogens with zero attached hydrogens (tertiary/aromatic N) is 3. The molecule has 4 nitrogen and oxygen atoms in total. The number of hydrogen-bond acceptors (Lipinski definition) is 3. The van der Waals surface area contributed by atoms with Crippen molar-refractivity contribution in [2.75, 3.05) is 0 Å². The van der Waals surface area contributed by atoms with Crippen LogP contribution < -0.4 is 0 Å². The highest BCUT2D eigenvalue weighted by molar-refractivity contribution is 9.10. The predicted molar refractivity (Wildman–Crippen MR) is 108 cm³/mol. The number of aromatic hydroxyl groups is 1. The van der Waals surface area contributed by atoms with Crippen LogP contribution in [0.5, 0.6) is 5.75 Å². The Labute approximate surface area is 159 Å². The number of pyridine rings is 1. The summed E-state index contributed by atoms with van der Waals surface area (Å²) < 4.78 is 2.84. The van der Waals surface area contributed by atoms with Crippen molar-refractivity contribution in [1.29, 1.82) is 0 Å². The summed E-state index contributed by atoms with van der Waals surface area (Å²) in [7, 11) is 0. The highest BCUT2D eigenvalue weighted by Gasteiger charge is 2.13. The lowest BCUT2D eigenvalue weighted by Gasteiger charge is -2.02. The van der Waals surface area contributed by atoms with Crippen LogP contribution in [0.4, 0.5) is 5.82 Å². The minimum Gasteiger partial charge on any atom is -0.507 e. The van der Waals surface area contributed by atoms with Gasteiger partial charge in [-0.2, -0.15) is 0 Å². The number of rotatable bonds is 3. The highest BCUT2D eigenvalue weighted by Crippen LogP contribution is 2.31. The second-order valence-corrected chi connectivity index (χ2v) is 6.96. The third-order valence-electron chi connectivity index (χ3n) is 4.12. The summed E-state index contributed by atoms with van der Waals surface area (Å²) in [6, 6.07) is 19.3. The van der Waals surface area contributed by atoms with Crippen LogP contribution in [0.1, 0.15) is 11.1 Å². The van der Waals surface area contributed by atoms with Crippen LogP contribution in [0.15, 0.2) is 76.3 Å². The molecule has 0 atom stereocenters. The zero-order valence-corrected chi connectivity index (χ0v) is 15.7. The lowest BCUT2D eigenvalue weighted by molar-refractivity contribution is 0.474. The van der Waals surface area contributed by atoms with Gasteiger partial charge in [0.25, 0.3) is 0 Å². The van der Waals surface area contributed by atoms with Crippen molar-refractivity contribution in [3.63, 3.8) is 0 Å². The first-order valence-electron chi connectivity index (χ1n) is 8.18. The Bertz CT molecular complexity index is 1120. The molecule has 0 unspecified atom stereocenters. The van der Waals surface area contributed by atoms with Crippen molar-refractivity contribution in [3.05, 3.63) is 82.5 Å². The number of phenolic OH excluding ortho intramolecular Hbond substituents is 1. The molecule has 2 aromatic carbocycles. The molecule has 4 aromatic rings. The zero-order chi connectivity index (χ0) is 18.1. The van der Waals surface area contributed by atoms with Gasteiger partial charge in [0.05, 0.1) is 0 Å². The number of imidazole rings is 1. The quantitative estimate of drug-likeness (QED) is 0.455. The Balaban J connectivity index is 1.90. The standard InChI is InChI=1S/C21H16BrN3O/c1-14-9-10-25-19(11-14)24-20(15-5-3-2-4-6-15)21(25)23-13-16-12-17(22)7-8-18(16)26/h2-13,26H,1H3. The zero-order valence-electron chi connectivity index (χ0n) is 14.1. The number of aromatic nitrogens is 2. The van der Waals surface area contributed by atoms with E-state index in [-0.39, 0.29) is 5.75 Å². The van der Waals surface area contributed by atoms with Crippen LogP contribution in [0.25, 0.3) is 16.9 Å². The van der Waals surface area contributed by atoms with Crippen LogP contribution in [0, 0.1) is 6.92 Å². The molecule has 2 aromatic heterocycles. The summed E-state index contributed by atoms with van der Waals surface area (Å²) in [4.78, 5) is 9.44. The van der Waals surface area contributed by atoms with E-state index in [2.05, 4.69) is 20.9 Å². The van der Waals surface area contributed by atoms with Gasteiger partial charge in [-0.1, -0.05) is 46.3 Å². The minimum absolute atomic E-state index is 0.183. The molecule has 0 spiro atoms. The van der Waals surface area contributed by atoms with Crippen molar-refractivity contribution >= 4 is 33.6 Å². The Morgan fingerprint density at radius 1 is 1.08 bits per heavy atom. The maximum Gasteiger partial charge on any atom is 0.165 e. The number of benzene rings is 2. The van der Waals surface area contributed by atoms with E-state index in [0.717, 1.165) is 32.8 Å². The monoisotopic (exact) mass is 405 g/mol. The Hall–Kier alpha value is -2.92. The van der Waals surface area contributed by atoms with E-state index in [1.54, 1.807) is 18.3 Å². The molecular weight excluding hydrogens is 390 g/mol. The van der Waals surface area contributed by atoms with Crippen molar-refractivity contribution in [2.45, 2.75) is 6.92 Å². The van der Waals surface area contributed by atoms with Gasteiger partial charge in [-0.15, -0.1) is 0 Å². The molecule has 5 heteroatoms. The van der Waals surface area contributed by atoms with Gasteiger partial charge in [-0.25, -0.2) is 9.98 Å². The maximum atomic E-state index is 10.1. The molecule has 0 aliphatic rings. The topological polar surface area (TPSA) is 49.9 Å². The smallest absolute Gasteiger partial charge is 0.165 e. The molecule has 0 radical (unpaired) electrons. The van der Waals surface area contributed by atoms with Crippen LogP contribution in [0.3, 0.4) is 0 Å². The van der Waals surface area contributed by atoms with Gasteiger partial charge < -0.3 is 5.11 Å². The minimum atomic E-state index is 0.183. The molecule has 0 aliphatic carbocycles. The molecular formula is C21H16BrN3O. The van der Waals surface area contributed by atoms with Gasteiger partial charge in [0.2, 0.25) is 0 Å².